The van der Waals surface area contributed by atoms with Crippen molar-refractivity contribution in [3.8, 4) is 16.9 Å². The van der Waals surface area contributed by atoms with Crippen LogP contribution < -0.4 is 0 Å². The van der Waals surface area contributed by atoms with E-state index < -0.39 is 0 Å². The summed E-state index contributed by atoms with van der Waals surface area (Å²) in [4.78, 5) is 7.42. The topological polar surface area (TPSA) is 33.6 Å². The van der Waals surface area contributed by atoms with Crippen molar-refractivity contribution in [2.24, 2.45) is 0 Å². The molecular weight excluding hydrogens is 246 g/mol. The summed E-state index contributed by atoms with van der Waals surface area (Å²) in [5.74, 6) is 0. The van der Waals surface area contributed by atoms with Crippen LogP contribution in [0, 0.1) is 6.07 Å². The third-order valence-electron chi connectivity index (χ3n) is 3.44. The maximum atomic E-state index is 4.31. The van der Waals surface area contributed by atoms with Gasteiger partial charge in [-0.25, -0.2) is 4.98 Å². The highest BCUT2D eigenvalue weighted by Gasteiger charge is 2.06. The molecule has 0 saturated heterocycles. The summed E-state index contributed by atoms with van der Waals surface area (Å²) >= 11 is 0. The number of aromatic amines is 1. The highest BCUT2D eigenvalue weighted by Crippen LogP contribution is 2.24. The van der Waals surface area contributed by atoms with Crippen LogP contribution in [0.2, 0.25) is 0 Å². The van der Waals surface area contributed by atoms with Crippen LogP contribution in [-0.4, -0.2) is 14.5 Å². The van der Waals surface area contributed by atoms with Crippen molar-refractivity contribution in [3.05, 3.63) is 73.2 Å². The Balaban J connectivity index is 1.88. The van der Waals surface area contributed by atoms with E-state index in [2.05, 4.69) is 44.9 Å². The van der Waals surface area contributed by atoms with E-state index >= 15 is 0 Å². The molecule has 0 spiro atoms. The van der Waals surface area contributed by atoms with Crippen molar-refractivity contribution in [2.45, 2.75) is 0 Å². The molecule has 4 rings (SSSR count). The molecule has 1 N–H and O–H groups in total. The summed E-state index contributed by atoms with van der Waals surface area (Å²) in [6, 6.07) is 21.7. The molecule has 95 valence electrons. The zero-order chi connectivity index (χ0) is 13.4. The molecule has 0 unspecified atom stereocenters. The number of hydrogen-bond acceptors (Lipinski definition) is 1. The maximum Gasteiger partial charge on any atom is 0.0931 e. The van der Waals surface area contributed by atoms with Gasteiger partial charge in [0.25, 0.3) is 0 Å². The van der Waals surface area contributed by atoms with Gasteiger partial charge in [-0.05, 0) is 29.8 Å². The SMILES string of the molecule is [c]1cc(-c2ccccc2)n(-c2ccc3[nH]cnc3c2)c1. The van der Waals surface area contributed by atoms with Crippen molar-refractivity contribution in [1.82, 2.24) is 14.5 Å². The molecule has 0 aliphatic rings. The zero-order valence-corrected chi connectivity index (χ0v) is 10.7. The molecule has 0 aliphatic heterocycles. The van der Waals surface area contributed by atoms with E-state index in [1.54, 1.807) is 6.33 Å². The molecule has 0 saturated carbocycles. The Morgan fingerprint density at radius 2 is 1.95 bits per heavy atom. The number of H-pyrrole nitrogens is 1. The Hall–Kier alpha value is -2.81. The fourth-order valence-corrected chi connectivity index (χ4v) is 2.44. The molecule has 0 fully saturated rings. The molecule has 0 amide bonds. The van der Waals surface area contributed by atoms with E-state index in [1.165, 1.54) is 5.56 Å². The first-order valence-electron chi connectivity index (χ1n) is 6.49. The lowest BCUT2D eigenvalue weighted by atomic mass is 10.1. The summed E-state index contributed by atoms with van der Waals surface area (Å²) in [7, 11) is 0. The number of nitrogens with one attached hydrogen (secondary N) is 1. The largest absolute Gasteiger partial charge is 0.345 e. The predicted molar refractivity (Wildman–Crippen MR) is 79.7 cm³/mol. The Kier molecular flexibility index (Phi) is 2.42. The van der Waals surface area contributed by atoms with Crippen molar-refractivity contribution < 1.29 is 0 Å². The van der Waals surface area contributed by atoms with Gasteiger partial charge >= 0.3 is 0 Å². The van der Waals surface area contributed by atoms with Crippen LogP contribution in [-0.2, 0) is 0 Å². The lowest BCUT2D eigenvalue weighted by molar-refractivity contribution is 1.09. The summed E-state index contributed by atoms with van der Waals surface area (Å²) in [5, 5.41) is 0. The second-order valence-electron chi connectivity index (χ2n) is 4.67. The maximum absolute atomic E-state index is 4.31. The first-order chi connectivity index (χ1) is 9.92. The smallest absolute Gasteiger partial charge is 0.0931 e. The number of nitrogens with zero attached hydrogens (tertiary/aromatic N) is 2. The van der Waals surface area contributed by atoms with Crippen LogP contribution in [0.3, 0.4) is 0 Å². The van der Waals surface area contributed by atoms with E-state index in [-0.39, 0.29) is 0 Å². The van der Waals surface area contributed by atoms with Gasteiger partial charge in [0.15, 0.2) is 0 Å². The molecule has 0 aliphatic carbocycles. The number of rotatable bonds is 2. The van der Waals surface area contributed by atoms with Crippen LogP contribution in [0.25, 0.3) is 28.0 Å². The average molecular weight is 258 g/mol. The van der Waals surface area contributed by atoms with Crippen LogP contribution in [0.15, 0.2) is 67.1 Å². The van der Waals surface area contributed by atoms with Crippen molar-refractivity contribution in [2.75, 3.05) is 0 Å². The van der Waals surface area contributed by atoms with E-state index in [1.807, 2.05) is 36.5 Å². The molecular formula is C17H12N3. The van der Waals surface area contributed by atoms with Gasteiger partial charge in [0.1, 0.15) is 0 Å². The fraction of sp³-hybridized carbons (Fsp3) is 0. The third kappa shape index (κ3) is 1.72. The minimum atomic E-state index is 0.968. The monoisotopic (exact) mass is 258 g/mol. The summed E-state index contributed by atoms with van der Waals surface area (Å²) < 4.78 is 2.13. The molecule has 3 nitrogen and oxygen atoms in total. The molecule has 2 heterocycles. The second kappa shape index (κ2) is 4.38. The zero-order valence-electron chi connectivity index (χ0n) is 10.7. The van der Waals surface area contributed by atoms with Crippen molar-refractivity contribution in [1.29, 1.82) is 0 Å². The Bertz CT molecular complexity index is 856. The molecule has 2 aromatic carbocycles. The van der Waals surface area contributed by atoms with Crippen LogP contribution in [0.5, 0.6) is 0 Å². The summed E-state index contributed by atoms with van der Waals surface area (Å²) in [6.45, 7) is 0. The third-order valence-corrected chi connectivity index (χ3v) is 3.44. The Morgan fingerprint density at radius 3 is 2.85 bits per heavy atom. The molecule has 4 aromatic rings. The van der Waals surface area contributed by atoms with E-state index in [0.717, 1.165) is 22.4 Å². The first-order valence-corrected chi connectivity index (χ1v) is 6.49. The highest BCUT2D eigenvalue weighted by molar-refractivity contribution is 5.77. The first kappa shape index (κ1) is 11.1. The molecule has 0 bridgehead atoms. The lowest BCUT2D eigenvalue weighted by Crippen LogP contribution is -1.94. The van der Waals surface area contributed by atoms with Gasteiger partial charge < -0.3 is 9.55 Å². The normalized spacial score (nSPS) is 11.0. The van der Waals surface area contributed by atoms with E-state index in [0.29, 0.717) is 0 Å². The molecule has 3 heteroatoms. The van der Waals surface area contributed by atoms with Crippen LogP contribution >= 0.6 is 0 Å². The molecule has 2 aromatic heterocycles. The van der Waals surface area contributed by atoms with Gasteiger partial charge in [-0.2, -0.15) is 0 Å². The molecule has 0 atom stereocenters. The van der Waals surface area contributed by atoms with Gasteiger partial charge in [0.05, 0.1) is 23.1 Å². The summed E-state index contributed by atoms with van der Waals surface area (Å²) in [5.41, 5.74) is 5.41. The molecule has 1 radical (unpaired) electrons. The molecule has 20 heavy (non-hydrogen) atoms. The van der Waals surface area contributed by atoms with Crippen LogP contribution in [0.4, 0.5) is 0 Å². The van der Waals surface area contributed by atoms with Gasteiger partial charge in [0.2, 0.25) is 0 Å². The van der Waals surface area contributed by atoms with Gasteiger partial charge in [0, 0.05) is 18.0 Å². The summed E-state index contributed by atoms with van der Waals surface area (Å²) in [6.07, 6.45) is 3.67. The Labute approximate surface area is 116 Å². The second-order valence-corrected chi connectivity index (χ2v) is 4.67. The van der Waals surface area contributed by atoms with E-state index in [4.69, 9.17) is 0 Å². The quantitative estimate of drug-likeness (QED) is 0.582. The average Bonchev–Trinajstić information content (AvgIpc) is 3.16. The minimum Gasteiger partial charge on any atom is -0.345 e. The number of benzene rings is 2. The van der Waals surface area contributed by atoms with Crippen molar-refractivity contribution >= 4 is 11.0 Å². The number of hydrogen-bond donors (Lipinski definition) is 1. The Morgan fingerprint density at radius 1 is 1.05 bits per heavy atom. The van der Waals surface area contributed by atoms with Gasteiger partial charge in [-0.1, -0.05) is 30.3 Å². The van der Waals surface area contributed by atoms with Gasteiger partial charge in [-0.15, -0.1) is 0 Å². The van der Waals surface area contributed by atoms with Gasteiger partial charge in [-0.3, -0.25) is 0 Å². The van der Waals surface area contributed by atoms with Crippen molar-refractivity contribution in [3.63, 3.8) is 0 Å². The fourth-order valence-electron chi connectivity index (χ4n) is 2.44. The number of imidazole rings is 1. The highest BCUT2D eigenvalue weighted by atomic mass is 15.0. The minimum absolute atomic E-state index is 0.968. The number of aromatic nitrogens is 3. The lowest BCUT2D eigenvalue weighted by Gasteiger charge is -2.09. The van der Waals surface area contributed by atoms with E-state index in [9.17, 15) is 0 Å². The standard InChI is InChI=1S/C17H12N3/c1-2-5-13(6-3-1)17-7-4-10-20(17)14-8-9-15-16(11-14)19-12-18-15/h1-3,5-12H,(H,18,19). The number of fused-ring (bicyclic) bond motifs is 1. The van der Waals surface area contributed by atoms with Crippen LogP contribution in [0.1, 0.15) is 0 Å². The predicted octanol–water partition coefficient (Wildman–Crippen LogP) is 3.82.